The molecule has 3 amide bonds. The number of imide groups is 1. The smallest absolute Gasteiger partial charge is 0.294 e. The molecular formula is C22H21BrN2O5S. The number of carbonyl (C=O) groups is 3. The molecule has 1 saturated heterocycles. The Morgan fingerprint density at radius 1 is 1.19 bits per heavy atom. The minimum atomic E-state index is -0.517. The number of nitrogens with zero attached hydrogens (tertiary/aromatic N) is 1. The molecule has 0 saturated carbocycles. The lowest BCUT2D eigenvalue weighted by molar-refractivity contribution is -0.127. The van der Waals surface area contributed by atoms with Gasteiger partial charge in [-0.3, -0.25) is 19.3 Å². The molecule has 0 atom stereocenters. The van der Waals surface area contributed by atoms with Crippen LogP contribution in [0.2, 0.25) is 0 Å². The van der Waals surface area contributed by atoms with Crippen molar-refractivity contribution >= 4 is 56.5 Å². The first-order valence-corrected chi connectivity index (χ1v) is 10.9. The van der Waals surface area contributed by atoms with Gasteiger partial charge in [0.1, 0.15) is 6.54 Å². The van der Waals surface area contributed by atoms with E-state index in [9.17, 15) is 14.4 Å². The van der Waals surface area contributed by atoms with Gasteiger partial charge in [-0.2, -0.15) is 0 Å². The van der Waals surface area contributed by atoms with Crippen LogP contribution in [-0.4, -0.2) is 42.7 Å². The van der Waals surface area contributed by atoms with E-state index in [4.69, 9.17) is 9.47 Å². The first kappa shape index (κ1) is 22.9. The van der Waals surface area contributed by atoms with Crippen molar-refractivity contribution in [3.8, 4) is 11.5 Å². The van der Waals surface area contributed by atoms with Crippen LogP contribution >= 0.6 is 27.7 Å². The number of carbonyl (C=O) groups excluding carboxylic acids is 3. The average molecular weight is 505 g/mol. The maximum Gasteiger partial charge on any atom is 0.294 e. The topological polar surface area (TPSA) is 84.9 Å². The molecule has 1 N–H and O–H groups in total. The number of aryl methyl sites for hydroxylation is 1. The zero-order valence-corrected chi connectivity index (χ0v) is 19.8. The number of halogens is 1. The molecule has 1 heterocycles. The number of ether oxygens (including phenoxy) is 2. The molecule has 0 bridgehead atoms. The van der Waals surface area contributed by atoms with Crippen molar-refractivity contribution in [2.45, 2.75) is 13.8 Å². The quantitative estimate of drug-likeness (QED) is 0.570. The second-order valence-corrected chi connectivity index (χ2v) is 8.65. The summed E-state index contributed by atoms with van der Waals surface area (Å²) >= 11 is 4.20. The number of nitrogens with one attached hydrogen (secondary N) is 1. The average Bonchev–Trinajstić information content (AvgIpc) is 2.98. The zero-order valence-electron chi connectivity index (χ0n) is 17.4. The Bertz CT molecular complexity index is 1100. The molecule has 0 aliphatic carbocycles. The second-order valence-electron chi connectivity index (χ2n) is 6.80. The number of hydrogen-bond donors (Lipinski definition) is 1. The fraction of sp³-hybridized carbons (Fsp3) is 0.227. The third-order valence-electron chi connectivity index (χ3n) is 4.81. The molecule has 3 rings (SSSR count). The lowest BCUT2D eigenvalue weighted by Crippen LogP contribution is -2.36. The van der Waals surface area contributed by atoms with Gasteiger partial charge in [-0.05, 0) is 82.5 Å². The molecule has 2 aromatic carbocycles. The molecule has 7 nitrogen and oxygen atoms in total. The molecule has 2 aromatic rings. The predicted octanol–water partition coefficient (Wildman–Crippen LogP) is 4.76. The highest BCUT2D eigenvalue weighted by Crippen LogP contribution is 2.38. The van der Waals surface area contributed by atoms with Gasteiger partial charge in [0.15, 0.2) is 11.5 Å². The minimum absolute atomic E-state index is 0.226. The summed E-state index contributed by atoms with van der Waals surface area (Å²) in [4.78, 5) is 38.8. The number of methoxy groups -OCH3 is 2. The van der Waals surface area contributed by atoms with Crippen LogP contribution in [0, 0.1) is 13.8 Å². The Hall–Kier alpha value is -2.78. The monoisotopic (exact) mass is 504 g/mol. The summed E-state index contributed by atoms with van der Waals surface area (Å²) in [5.41, 5.74) is 3.27. The van der Waals surface area contributed by atoms with E-state index in [2.05, 4.69) is 21.2 Å². The van der Waals surface area contributed by atoms with Gasteiger partial charge in [0.25, 0.3) is 11.1 Å². The summed E-state index contributed by atoms with van der Waals surface area (Å²) in [7, 11) is 3.04. The molecule has 0 radical (unpaired) electrons. The lowest BCUT2D eigenvalue weighted by Gasteiger charge is -2.14. The highest BCUT2D eigenvalue weighted by Gasteiger charge is 2.36. The molecular weight excluding hydrogens is 484 g/mol. The van der Waals surface area contributed by atoms with E-state index < -0.39 is 17.1 Å². The summed E-state index contributed by atoms with van der Waals surface area (Å²) in [6.07, 6.45) is 1.58. The number of rotatable bonds is 6. The van der Waals surface area contributed by atoms with Crippen molar-refractivity contribution in [2.75, 3.05) is 26.1 Å². The summed E-state index contributed by atoms with van der Waals surface area (Å²) in [6, 6.07) is 9.01. The zero-order chi connectivity index (χ0) is 22.7. The van der Waals surface area contributed by atoms with Gasteiger partial charge in [-0.1, -0.05) is 12.1 Å². The van der Waals surface area contributed by atoms with Crippen LogP contribution in [0.15, 0.2) is 39.7 Å². The van der Waals surface area contributed by atoms with Gasteiger partial charge >= 0.3 is 0 Å². The molecule has 1 aliphatic rings. The highest BCUT2D eigenvalue weighted by atomic mass is 79.9. The van der Waals surface area contributed by atoms with E-state index in [0.717, 1.165) is 27.8 Å². The van der Waals surface area contributed by atoms with Gasteiger partial charge < -0.3 is 14.8 Å². The van der Waals surface area contributed by atoms with Crippen molar-refractivity contribution in [3.63, 3.8) is 0 Å². The minimum Gasteiger partial charge on any atom is -0.493 e. The summed E-state index contributed by atoms with van der Waals surface area (Å²) in [5, 5.41) is 2.27. The van der Waals surface area contributed by atoms with Crippen molar-refractivity contribution in [1.82, 2.24) is 4.90 Å². The van der Waals surface area contributed by atoms with Crippen LogP contribution in [0.5, 0.6) is 11.5 Å². The Kier molecular flexibility index (Phi) is 7.07. The fourth-order valence-electron chi connectivity index (χ4n) is 3.03. The SMILES string of the molecule is COc1cc(/C=C2/SC(=O)N(CC(=O)Nc3cccc(C)c3C)C2=O)cc(Br)c1OC. The first-order chi connectivity index (χ1) is 14.7. The van der Waals surface area contributed by atoms with E-state index in [1.54, 1.807) is 24.3 Å². The maximum atomic E-state index is 12.8. The normalized spacial score (nSPS) is 14.9. The summed E-state index contributed by atoms with van der Waals surface area (Å²) in [6.45, 7) is 3.48. The van der Waals surface area contributed by atoms with E-state index >= 15 is 0 Å². The van der Waals surface area contributed by atoms with Crippen LogP contribution in [0.25, 0.3) is 6.08 Å². The molecule has 0 unspecified atom stereocenters. The molecule has 0 aromatic heterocycles. The van der Waals surface area contributed by atoms with Crippen molar-refractivity contribution in [2.24, 2.45) is 0 Å². The van der Waals surface area contributed by atoms with Gasteiger partial charge in [0.05, 0.1) is 23.6 Å². The number of thioether (sulfide) groups is 1. The Labute approximate surface area is 192 Å². The third-order valence-corrected chi connectivity index (χ3v) is 6.30. The summed E-state index contributed by atoms with van der Waals surface area (Å²) < 4.78 is 11.2. The number of hydrogen-bond acceptors (Lipinski definition) is 6. The van der Waals surface area contributed by atoms with E-state index in [-0.39, 0.29) is 11.4 Å². The van der Waals surface area contributed by atoms with Crippen LogP contribution in [0.3, 0.4) is 0 Å². The second kappa shape index (κ2) is 9.57. The third kappa shape index (κ3) is 4.94. The molecule has 31 heavy (non-hydrogen) atoms. The van der Waals surface area contributed by atoms with Crippen LogP contribution in [0.1, 0.15) is 16.7 Å². The Morgan fingerprint density at radius 3 is 2.61 bits per heavy atom. The molecule has 9 heteroatoms. The molecule has 1 fully saturated rings. The van der Waals surface area contributed by atoms with Crippen LogP contribution in [-0.2, 0) is 9.59 Å². The number of amides is 3. The fourth-order valence-corrected chi connectivity index (χ4v) is 4.49. The largest absolute Gasteiger partial charge is 0.493 e. The first-order valence-electron chi connectivity index (χ1n) is 9.28. The van der Waals surface area contributed by atoms with Gasteiger partial charge in [-0.15, -0.1) is 0 Å². The number of anilines is 1. The van der Waals surface area contributed by atoms with Crippen LogP contribution < -0.4 is 14.8 Å². The van der Waals surface area contributed by atoms with Gasteiger partial charge in [-0.25, -0.2) is 0 Å². The van der Waals surface area contributed by atoms with Crippen molar-refractivity contribution in [1.29, 1.82) is 0 Å². The Morgan fingerprint density at radius 2 is 1.94 bits per heavy atom. The summed E-state index contributed by atoms with van der Waals surface area (Å²) in [5.74, 6) is 0.0502. The van der Waals surface area contributed by atoms with E-state index in [1.165, 1.54) is 14.2 Å². The molecule has 0 spiro atoms. The maximum absolute atomic E-state index is 12.8. The highest BCUT2D eigenvalue weighted by molar-refractivity contribution is 9.10. The van der Waals surface area contributed by atoms with E-state index in [1.807, 2.05) is 26.0 Å². The van der Waals surface area contributed by atoms with Crippen molar-refractivity contribution in [3.05, 3.63) is 56.4 Å². The number of benzene rings is 2. The van der Waals surface area contributed by atoms with Gasteiger partial charge in [0.2, 0.25) is 5.91 Å². The van der Waals surface area contributed by atoms with E-state index in [0.29, 0.717) is 27.2 Å². The standard InChI is InChI=1S/C22H21BrN2O5S/c1-12-6-5-7-16(13(12)2)24-19(26)11-25-21(27)18(31-22(25)28)10-14-8-15(23)20(30-4)17(9-14)29-3/h5-10H,11H2,1-4H3,(H,24,26)/b18-10+. The van der Waals surface area contributed by atoms with Crippen molar-refractivity contribution < 1.29 is 23.9 Å². The molecule has 1 aliphatic heterocycles. The predicted molar refractivity (Wildman–Crippen MR) is 124 cm³/mol. The lowest BCUT2D eigenvalue weighted by atomic mass is 10.1. The van der Waals surface area contributed by atoms with Gasteiger partial charge in [0, 0.05) is 5.69 Å². The Balaban J connectivity index is 1.77. The molecule has 162 valence electrons. The van der Waals surface area contributed by atoms with Crippen LogP contribution in [0.4, 0.5) is 10.5 Å².